The van der Waals surface area contributed by atoms with Gasteiger partial charge in [0.05, 0.1) is 24.0 Å². The van der Waals surface area contributed by atoms with Crippen LogP contribution in [0.5, 0.6) is 0 Å². The lowest BCUT2D eigenvalue weighted by Crippen LogP contribution is -2.22. The van der Waals surface area contributed by atoms with Crippen LogP contribution in [0.25, 0.3) is 22.0 Å². The fourth-order valence-electron chi connectivity index (χ4n) is 2.67. The fraction of sp³-hybridized carbons (Fsp3) is 0.0556. The largest absolute Gasteiger partial charge is 0.360 e. The fourth-order valence-corrected chi connectivity index (χ4v) is 2.67. The summed E-state index contributed by atoms with van der Waals surface area (Å²) in [6.45, 7) is 0.402. The molecule has 0 aliphatic heterocycles. The molecule has 0 fully saturated rings. The van der Waals surface area contributed by atoms with Crippen LogP contribution in [0.3, 0.4) is 0 Å². The molecule has 0 radical (unpaired) electrons. The molecule has 0 atom stereocenters. The average Bonchev–Trinajstić information content (AvgIpc) is 3.29. The lowest BCUT2D eigenvalue weighted by Gasteiger charge is -2.04. The molecular weight excluding hydrogens is 302 g/mol. The molecule has 6 nitrogen and oxygen atoms in total. The van der Waals surface area contributed by atoms with E-state index in [9.17, 15) is 4.79 Å². The number of nitrogens with one attached hydrogen (secondary N) is 3. The van der Waals surface area contributed by atoms with Gasteiger partial charge in [-0.05, 0) is 23.8 Å². The van der Waals surface area contributed by atoms with Gasteiger partial charge in [0.15, 0.2) is 0 Å². The second kappa shape index (κ2) is 6.00. The monoisotopic (exact) mass is 317 g/mol. The van der Waals surface area contributed by atoms with E-state index in [0.717, 1.165) is 27.7 Å². The number of H-pyrrole nitrogens is 2. The van der Waals surface area contributed by atoms with Crippen LogP contribution in [0.4, 0.5) is 0 Å². The van der Waals surface area contributed by atoms with Crippen molar-refractivity contribution in [2.75, 3.05) is 0 Å². The molecule has 24 heavy (non-hydrogen) atoms. The molecule has 118 valence electrons. The third kappa shape index (κ3) is 2.65. The highest BCUT2D eigenvalue weighted by atomic mass is 16.1. The summed E-state index contributed by atoms with van der Waals surface area (Å²) >= 11 is 0. The number of nitrogens with zero attached hydrogens (tertiary/aromatic N) is 2. The van der Waals surface area contributed by atoms with Crippen molar-refractivity contribution >= 4 is 16.8 Å². The zero-order chi connectivity index (χ0) is 16.4. The third-order valence-corrected chi connectivity index (χ3v) is 3.91. The van der Waals surface area contributed by atoms with Crippen LogP contribution in [0, 0.1) is 0 Å². The van der Waals surface area contributed by atoms with Crippen LogP contribution >= 0.6 is 0 Å². The second-order valence-corrected chi connectivity index (χ2v) is 5.45. The van der Waals surface area contributed by atoms with E-state index >= 15 is 0 Å². The summed E-state index contributed by atoms with van der Waals surface area (Å²) in [6, 6.07) is 11.6. The second-order valence-electron chi connectivity index (χ2n) is 5.45. The summed E-state index contributed by atoms with van der Waals surface area (Å²) < 4.78 is 0. The number of carbonyl (C=O) groups excluding carboxylic acids is 1. The van der Waals surface area contributed by atoms with Crippen LogP contribution in [0.15, 0.2) is 61.2 Å². The van der Waals surface area contributed by atoms with Gasteiger partial charge in [0.2, 0.25) is 0 Å². The molecule has 0 aliphatic carbocycles. The van der Waals surface area contributed by atoms with Gasteiger partial charge in [0, 0.05) is 35.1 Å². The van der Waals surface area contributed by atoms with Crippen molar-refractivity contribution in [2.24, 2.45) is 0 Å². The summed E-state index contributed by atoms with van der Waals surface area (Å²) in [6.07, 6.45) is 7.05. The molecule has 4 aromatic rings. The number of benzene rings is 1. The number of rotatable bonds is 4. The topological polar surface area (TPSA) is 86.5 Å². The molecule has 1 aromatic carbocycles. The summed E-state index contributed by atoms with van der Waals surface area (Å²) in [5.41, 5.74) is 4.41. The van der Waals surface area contributed by atoms with Crippen molar-refractivity contribution in [1.29, 1.82) is 0 Å². The van der Waals surface area contributed by atoms with Crippen LogP contribution in [-0.2, 0) is 6.54 Å². The van der Waals surface area contributed by atoms with E-state index in [0.29, 0.717) is 12.1 Å². The van der Waals surface area contributed by atoms with E-state index in [1.807, 2.05) is 42.6 Å². The van der Waals surface area contributed by atoms with Crippen LogP contribution < -0.4 is 5.32 Å². The Bertz CT molecular complexity index is 973. The highest BCUT2D eigenvalue weighted by Gasteiger charge is 2.12. The van der Waals surface area contributed by atoms with E-state index in [1.165, 1.54) is 0 Å². The number of fused-ring (bicyclic) bond motifs is 1. The first-order valence-corrected chi connectivity index (χ1v) is 7.59. The van der Waals surface area contributed by atoms with Crippen molar-refractivity contribution in [3.05, 3.63) is 72.4 Å². The van der Waals surface area contributed by atoms with Gasteiger partial charge in [-0.25, -0.2) is 0 Å². The number of amides is 1. The maximum atomic E-state index is 12.4. The van der Waals surface area contributed by atoms with Crippen molar-refractivity contribution < 1.29 is 4.79 Å². The first kappa shape index (κ1) is 14.2. The molecule has 3 N–H and O–H groups in total. The van der Waals surface area contributed by atoms with Gasteiger partial charge in [-0.1, -0.05) is 18.2 Å². The average molecular weight is 317 g/mol. The van der Waals surface area contributed by atoms with E-state index < -0.39 is 0 Å². The Morgan fingerprint density at radius 1 is 1.12 bits per heavy atom. The van der Waals surface area contributed by atoms with Gasteiger partial charge in [-0.2, -0.15) is 5.10 Å². The molecule has 1 amide bonds. The van der Waals surface area contributed by atoms with E-state index in [-0.39, 0.29) is 5.91 Å². The molecule has 6 heteroatoms. The first-order valence-electron chi connectivity index (χ1n) is 7.59. The zero-order valence-electron chi connectivity index (χ0n) is 12.8. The van der Waals surface area contributed by atoms with E-state index in [1.54, 1.807) is 18.6 Å². The van der Waals surface area contributed by atoms with Gasteiger partial charge in [0.1, 0.15) is 0 Å². The zero-order valence-corrected chi connectivity index (χ0v) is 12.8. The summed E-state index contributed by atoms with van der Waals surface area (Å²) in [5, 5.41) is 10.6. The first-order chi connectivity index (χ1) is 11.8. The SMILES string of the molecule is O=C(NCc1ccccn1)c1c[nH]c2cc(-c3cn[nH]c3)ccc12. The highest BCUT2D eigenvalue weighted by molar-refractivity contribution is 6.07. The van der Waals surface area contributed by atoms with E-state index in [4.69, 9.17) is 0 Å². The Morgan fingerprint density at radius 2 is 2.08 bits per heavy atom. The maximum absolute atomic E-state index is 12.4. The Hall–Kier alpha value is -3.41. The Balaban J connectivity index is 1.57. The van der Waals surface area contributed by atoms with Gasteiger partial charge < -0.3 is 10.3 Å². The van der Waals surface area contributed by atoms with Gasteiger partial charge >= 0.3 is 0 Å². The van der Waals surface area contributed by atoms with Crippen molar-refractivity contribution in [2.45, 2.75) is 6.54 Å². The van der Waals surface area contributed by atoms with Crippen molar-refractivity contribution in [1.82, 2.24) is 25.5 Å². The Kier molecular flexibility index (Phi) is 3.55. The smallest absolute Gasteiger partial charge is 0.253 e. The lowest BCUT2D eigenvalue weighted by molar-refractivity contribution is 0.0952. The number of carbonyl (C=O) groups is 1. The molecule has 3 aromatic heterocycles. The number of hydrogen-bond acceptors (Lipinski definition) is 3. The molecule has 0 saturated carbocycles. The Labute approximate surface area is 137 Å². The lowest BCUT2D eigenvalue weighted by atomic mass is 10.1. The van der Waals surface area contributed by atoms with Gasteiger partial charge in [-0.3, -0.25) is 14.9 Å². The quantitative estimate of drug-likeness (QED) is 0.541. The van der Waals surface area contributed by atoms with E-state index in [2.05, 4.69) is 25.5 Å². The van der Waals surface area contributed by atoms with Gasteiger partial charge in [0.25, 0.3) is 5.91 Å². The number of aromatic nitrogens is 4. The molecule has 3 heterocycles. The third-order valence-electron chi connectivity index (χ3n) is 3.91. The minimum absolute atomic E-state index is 0.122. The van der Waals surface area contributed by atoms with Crippen LogP contribution in [0.2, 0.25) is 0 Å². The standard InChI is InChI=1S/C18H15N5O/c24-18(21-10-14-3-1-2-6-19-14)16-11-20-17-7-12(4-5-15(16)17)13-8-22-23-9-13/h1-9,11,20H,10H2,(H,21,24)(H,22,23). The molecular formula is C18H15N5O. The number of pyridine rings is 1. The minimum atomic E-state index is -0.122. The normalized spacial score (nSPS) is 10.8. The number of aromatic amines is 2. The molecule has 0 unspecified atom stereocenters. The summed E-state index contributed by atoms with van der Waals surface area (Å²) in [4.78, 5) is 19.8. The van der Waals surface area contributed by atoms with Crippen molar-refractivity contribution in [3.63, 3.8) is 0 Å². The molecule has 4 rings (SSSR count). The highest BCUT2D eigenvalue weighted by Crippen LogP contribution is 2.25. The van der Waals surface area contributed by atoms with Gasteiger partial charge in [-0.15, -0.1) is 0 Å². The summed E-state index contributed by atoms with van der Waals surface area (Å²) in [5.74, 6) is -0.122. The van der Waals surface area contributed by atoms with Crippen LogP contribution in [0.1, 0.15) is 16.1 Å². The summed E-state index contributed by atoms with van der Waals surface area (Å²) in [7, 11) is 0. The minimum Gasteiger partial charge on any atom is -0.360 e. The number of hydrogen-bond donors (Lipinski definition) is 3. The van der Waals surface area contributed by atoms with Crippen molar-refractivity contribution in [3.8, 4) is 11.1 Å². The van der Waals surface area contributed by atoms with Crippen LogP contribution in [-0.4, -0.2) is 26.1 Å². The molecule has 0 aliphatic rings. The molecule has 0 spiro atoms. The molecule has 0 saturated heterocycles. The predicted octanol–water partition coefficient (Wildman–Crippen LogP) is 2.88. The maximum Gasteiger partial charge on any atom is 0.253 e. The molecule has 0 bridgehead atoms. The Morgan fingerprint density at radius 3 is 2.88 bits per heavy atom. The predicted molar refractivity (Wildman–Crippen MR) is 91.3 cm³/mol.